The van der Waals surface area contributed by atoms with Gasteiger partial charge in [-0.05, 0) is 74.7 Å². The summed E-state index contributed by atoms with van der Waals surface area (Å²) >= 11 is 0. The number of rotatable bonds is 7. The number of hydrogen-bond donors (Lipinski definition) is 2. The van der Waals surface area contributed by atoms with Gasteiger partial charge in [0.25, 0.3) is 0 Å². The summed E-state index contributed by atoms with van der Waals surface area (Å²) in [4.78, 5) is 25.7. The van der Waals surface area contributed by atoms with Gasteiger partial charge in [0.15, 0.2) is 0 Å². The van der Waals surface area contributed by atoms with Crippen molar-refractivity contribution in [2.24, 2.45) is 5.92 Å². The monoisotopic (exact) mass is 485 g/mol. The molecule has 36 heavy (non-hydrogen) atoms. The maximum Gasteiger partial charge on any atom is 0.321 e. The second kappa shape index (κ2) is 11.2. The summed E-state index contributed by atoms with van der Waals surface area (Å²) in [7, 11) is 0. The largest absolute Gasteiger partial charge is 0.494 e. The van der Waals surface area contributed by atoms with Gasteiger partial charge in [-0.2, -0.15) is 5.26 Å². The molecule has 3 heterocycles. The van der Waals surface area contributed by atoms with Crippen LogP contribution < -0.4 is 20.3 Å². The lowest BCUT2D eigenvalue weighted by atomic mass is 10.0. The van der Waals surface area contributed by atoms with Gasteiger partial charge in [0.1, 0.15) is 17.9 Å². The van der Waals surface area contributed by atoms with Crippen molar-refractivity contribution in [1.29, 1.82) is 5.26 Å². The average Bonchev–Trinajstić information content (AvgIpc) is 3.45. The molecule has 2 aliphatic rings. The van der Waals surface area contributed by atoms with Crippen LogP contribution in [-0.4, -0.2) is 66.8 Å². The summed E-state index contributed by atoms with van der Waals surface area (Å²) < 4.78 is 6.00. The van der Waals surface area contributed by atoms with Crippen LogP contribution in [0, 0.1) is 17.2 Å². The third-order valence-electron chi connectivity index (χ3n) is 6.91. The molecule has 2 aliphatic heterocycles. The van der Waals surface area contributed by atoms with E-state index in [-0.39, 0.29) is 6.03 Å². The molecule has 3 aromatic rings. The van der Waals surface area contributed by atoms with Gasteiger partial charge in [0, 0.05) is 43.3 Å². The molecule has 0 saturated carbocycles. The summed E-state index contributed by atoms with van der Waals surface area (Å²) in [5.74, 6) is 2.50. The fraction of sp³-hybridized carbons (Fsp3) is 0.407. The molecule has 5 rings (SSSR count). The van der Waals surface area contributed by atoms with E-state index in [1.54, 1.807) is 35.5 Å². The number of benzene rings is 2. The van der Waals surface area contributed by atoms with E-state index in [0.717, 1.165) is 47.9 Å². The molecule has 2 amide bonds. The van der Waals surface area contributed by atoms with E-state index in [1.807, 2.05) is 18.2 Å². The Hall–Kier alpha value is -3.90. The molecular formula is C27H31N7O2. The maximum absolute atomic E-state index is 12.7. The van der Waals surface area contributed by atoms with Gasteiger partial charge in [-0.1, -0.05) is 0 Å². The van der Waals surface area contributed by atoms with E-state index in [4.69, 9.17) is 10.00 Å². The number of piperazine rings is 1. The Morgan fingerprint density at radius 1 is 1.14 bits per heavy atom. The van der Waals surface area contributed by atoms with Crippen molar-refractivity contribution in [2.75, 3.05) is 56.1 Å². The Kier molecular flexibility index (Phi) is 7.43. The predicted octanol–water partition coefficient (Wildman–Crippen LogP) is 3.62. The highest BCUT2D eigenvalue weighted by molar-refractivity contribution is 5.91. The number of carbonyl (C=O) groups is 1. The fourth-order valence-electron chi connectivity index (χ4n) is 4.84. The van der Waals surface area contributed by atoms with E-state index in [0.29, 0.717) is 44.0 Å². The van der Waals surface area contributed by atoms with Crippen LogP contribution >= 0.6 is 0 Å². The van der Waals surface area contributed by atoms with Crippen LogP contribution in [0.25, 0.3) is 10.9 Å². The Balaban J connectivity index is 1.15. The first-order chi connectivity index (χ1) is 17.7. The first-order valence-electron chi connectivity index (χ1n) is 12.6. The van der Waals surface area contributed by atoms with Crippen molar-refractivity contribution in [1.82, 2.24) is 20.2 Å². The second-order valence-electron chi connectivity index (χ2n) is 9.32. The van der Waals surface area contributed by atoms with Gasteiger partial charge in [-0.3, -0.25) is 0 Å². The lowest BCUT2D eigenvalue weighted by molar-refractivity contribution is 0.208. The van der Waals surface area contributed by atoms with E-state index in [2.05, 4.69) is 31.6 Å². The molecule has 0 bridgehead atoms. The van der Waals surface area contributed by atoms with Crippen LogP contribution in [0.5, 0.6) is 5.75 Å². The van der Waals surface area contributed by atoms with Crippen LogP contribution in [-0.2, 0) is 0 Å². The first-order valence-corrected chi connectivity index (χ1v) is 12.6. The Bertz CT molecular complexity index is 1230. The summed E-state index contributed by atoms with van der Waals surface area (Å²) in [5, 5.41) is 16.2. The number of anilines is 2. The number of urea groups is 1. The highest BCUT2D eigenvalue weighted by Crippen LogP contribution is 2.27. The highest BCUT2D eigenvalue weighted by Gasteiger charge is 2.23. The quantitative estimate of drug-likeness (QED) is 0.492. The normalized spacial score (nSPS) is 17.7. The predicted molar refractivity (Wildman–Crippen MR) is 139 cm³/mol. The number of nitrogens with zero attached hydrogens (tertiary/aromatic N) is 5. The summed E-state index contributed by atoms with van der Waals surface area (Å²) in [6, 6.07) is 14.8. The van der Waals surface area contributed by atoms with E-state index in [1.165, 1.54) is 12.8 Å². The van der Waals surface area contributed by atoms with Gasteiger partial charge >= 0.3 is 6.03 Å². The molecule has 0 radical (unpaired) electrons. The zero-order chi connectivity index (χ0) is 24.7. The molecule has 2 N–H and O–H groups in total. The fourth-order valence-corrected chi connectivity index (χ4v) is 4.84. The smallest absolute Gasteiger partial charge is 0.321 e. The van der Waals surface area contributed by atoms with E-state index >= 15 is 0 Å². The molecule has 2 fully saturated rings. The minimum atomic E-state index is -0.141. The van der Waals surface area contributed by atoms with Crippen molar-refractivity contribution in [3.05, 3.63) is 54.4 Å². The van der Waals surface area contributed by atoms with Gasteiger partial charge < -0.3 is 25.2 Å². The third-order valence-corrected chi connectivity index (χ3v) is 6.91. The minimum Gasteiger partial charge on any atom is -0.494 e. The van der Waals surface area contributed by atoms with Crippen molar-refractivity contribution in [2.45, 2.75) is 19.3 Å². The lowest BCUT2D eigenvalue weighted by Crippen LogP contribution is -2.50. The molecule has 1 unspecified atom stereocenters. The standard InChI is InChI=1S/C27H31N7O2/c28-17-20-3-5-22(6-4-20)32-27(35)34-13-11-33(12-14-34)26-24-8-7-23(16-25(24)30-19-31-26)36-15-1-2-21-9-10-29-18-21/h3-8,16,19,21,29H,1-2,9-15,18H2,(H,32,35). The van der Waals surface area contributed by atoms with Crippen LogP contribution in [0.2, 0.25) is 0 Å². The van der Waals surface area contributed by atoms with Gasteiger partial charge in [-0.15, -0.1) is 0 Å². The number of nitriles is 1. The Morgan fingerprint density at radius 3 is 2.72 bits per heavy atom. The third kappa shape index (κ3) is 5.66. The van der Waals surface area contributed by atoms with Gasteiger partial charge in [0.2, 0.25) is 0 Å². The number of ether oxygens (including phenoxy) is 1. The van der Waals surface area contributed by atoms with Crippen LogP contribution in [0.4, 0.5) is 16.3 Å². The topological polar surface area (TPSA) is 106 Å². The number of aromatic nitrogens is 2. The molecule has 186 valence electrons. The van der Waals surface area contributed by atoms with Crippen molar-refractivity contribution in [3.63, 3.8) is 0 Å². The zero-order valence-corrected chi connectivity index (χ0v) is 20.3. The molecule has 1 atom stereocenters. The first kappa shape index (κ1) is 23.8. The second-order valence-corrected chi connectivity index (χ2v) is 9.32. The molecule has 0 aliphatic carbocycles. The Labute approximate surface area is 211 Å². The number of nitrogens with one attached hydrogen (secondary N) is 2. The summed E-state index contributed by atoms with van der Waals surface area (Å²) in [6.07, 6.45) is 5.12. The minimum absolute atomic E-state index is 0.141. The number of amides is 2. The number of carbonyl (C=O) groups excluding carboxylic acids is 1. The van der Waals surface area contributed by atoms with Gasteiger partial charge in [-0.25, -0.2) is 14.8 Å². The average molecular weight is 486 g/mol. The van der Waals surface area contributed by atoms with Gasteiger partial charge in [0.05, 0.1) is 23.8 Å². The van der Waals surface area contributed by atoms with E-state index < -0.39 is 0 Å². The van der Waals surface area contributed by atoms with Crippen LogP contribution in [0.1, 0.15) is 24.8 Å². The van der Waals surface area contributed by atoms with Crippen molar-refractivity contribution in [3.8, 4) is 11.8 Å². The maximum atomic E-state index is 12.7. The lowest BCUT2D eigenvalue weighted by Gasteiger charge is -2.35. The molecule has 2 saturated heterocycles. The number of hydrogen-bond acceptors (Lipinski definition) is 7. The Morgan fingerprint density at radius 2 is 1.97 bits per heavy atom. The molecule has 1 aromatic heterocycles. The summed E-state index contributed by atoms with van der Waals surface area (Å²) in [5.41, 5.74) is 2.10. The zero-order valence-electron chi connectivity index (χ0n) is 20.3. The van der Waals surface area contributed by atoms with Crippen LogP contribution in [0.15, 0.2) is 48.8 Å². The SMILES string of the molecule is N#Cc1ccc(NC(=O)N2CCN(c3ncnc4cc(OCCCC5CCNC5)ccc34)CC2)cc1. The van der Waals surface area contributed by atoms with Crippen LogP contribution in [0.3, 0.4) is 0 Å². The summed E-state index contributed by atoms with van der Waals surface area (Å²) in [6.45, 7) is 5.52. The van der Waals surface area contributed by atoms with E-state index in [9.17, 15) is 4.79 Å². The number of fused-ring (bicyclic) bond motifs is 1. The molecule has 9 heteroatoms. The molecule has 2 aromatic carbocycles. The molecule has 0 spiro atoms. The molecule has 9 nitrogen and oxygen atoms in total. The highest BCUT2D eigenvalue weighted by atomic mass is 16.5. The molecular weight excluding hydrogens is 454 g/mol. The van der Waals surface area contributed by atoms with Crippen molar-refractivity contribution < 1.29 is 9.53 Å². The van der Waals surface area contributed by atoms with Crippen molar-refractivity contribution >= 4 is 28.4 Å².